The third-order valence-corrected chi connectivity index (χ3v) is 5.79. The summed E-state index contributed by atoms with van der Waals surface area (Å²) in [6, 6.07) is 14.6. The molecule has 0 unspecified atom stereocenters. The number of ether oxygens (including phenoxy) is 1. The average molecular weight is 403 g/mol. The molecule has 1 N–H and O–H groups in total. The van der Waals surface area contributed by atoms with E-state index in [1.165, 1.54) is 41.1 Å². The van der Waals surface area contributed by atoms with Crippen LogP contribution >= 0.6 is 27.5 Å². The molecule has 1 fully saturated rings. The standard InChI is InChI=1S/C19H19BrN2OS/c20-15-5-3-14(4-6-15)19-17-8-7-16(10-18(17)24-22-19)23-9-1-2-13-11-21-12-13/h3-8,10,13,21H,1-2,9,11-12H2. The minimum atomic E-state index is 0.792. The maximum Gasteiger partial charge on any atom is 0.120 e. The Balaban J connectivity index is 1.45. The molecular formula is C19H19BrN2OS. The van der Waals surface area contributed by atoms with E-state index in [-0.39, 0.29) is 0 Å². The lowest BCUT2D eigenvalue weighted by atomic mass is 9.98. The molecule has 1 aliphatic rings. The molecule has 0 bridgehead atoms. The smallest absolute Gasteiger partial charge is 0.120 e. The highest BCUT2D eigenvalue weighted by molar-refractivity contribution is 9.10. The van der Waals surface area contributed by atoms with Gasteiger partial charge in [-0.15, -0.1) is 0 Å². The maximum atomic E-state index is 5.92. The van der Waals surface area contributed by atoms with Crippen LogP contribution in [-0.4, -0.2) is 24.1 Å². The molecule has 1 saturated heterocycles. The molecule has 24 heavy (non-hydrogen) atoms. The van der Waals surface area contributed by atoms with Gasteiger partial charge in [-0.2, -0.15) is 4.37 Å². The van der Waals surface area contributed by atoms with Gasteiger partial charge in [0.15, 0.2) is 0 Å². The highest BCUT2D eigenvalue weighted by Crippen LogP contribution is 2.33. The molecule has 0 saturated carbocycles. The Bertz CT molecular complexity index is 827. The number of aromatic nitrogens is 1. The molecule has 2 aromatic carbocycles. The van der Waals surface area contributed by atoms with Gasteiger partial charge in [-0.05, 0) is 73.7 Å². The largest absolute Gasteiger partial charge is 0.494 e. The van der Waals surface area contributed by atoms with Crippen molar-refractivity contribution in [3.8, 4) is 17.0 Å². The second kappa shape index (κ2) is 7.21. The molecule has 3 aromatic rings. The van der Waals surface area contributed by atoms with E-state index in [1.807, 2.05) is 0 Å². The zero-order chi connectivity index (χ0) is 16.4. The number of hydrogen-bond acceptors (Lipinski definition) is 4. The fraction of sp³-hybridized carbons (Fsp3) is 0.316. The van der Waals surface area contributed by atoms with Gasteiger partial charge in [0.2, 0.25) is 0 Å². The second-order valence-electron chi connectivity index (χ2n) is 6.21. The predicted octanol–water partition coefficient (Wildman–Crippen LogP) is 5.10. The van der Waals surface area contributed by atoms with E-state index in [9.17, 15) is 0 Å². The van der Waals surface area contributed by atoms with Gasteiger partial charge in [-0.3, -0.25) is 0 Å². The van der Waals surface area contributed by atoms with Gasteiger partial charge in [-0.1, -0.05) is 28.1 Å². The van der Waals surface area contributed by atoms with Gasteiger partial charge in [0.25, 0.3) is 0 Å². The number of halogens is 1. The Morgan fingerprint density at radius 2 is 2.00 bits per heavy atom. The predicted molar refractivity (Wildman–Crippen MR) is 104 cm³/mol. The lowest BCUT2D eigenvalue weighted by molar-refractivity contribution is 0.263. The first-order chi connectivity index (χ1) is 11.8. The normalized spacial score (nSPS) is 14.7. The number of nitrogens with one attached hydrogen (secondary N) is 1. The van der Waals surface area contributed by atoms with Gasteiger partial charge in [0, 0.05) is 15.4 Å². The van der Waals surface area contributed by atoms with Gasteiger partial charge in [0.1, 0.15) is 5.75 Å². The number of benzene rings is 2. The van der Waals surface area contributed by atoms with Gasteiger partial charge in [-0.25, -0.2) is 0 Å². The molecule has 0 aliphatic carbocycles. The summed E-state index contributed by atoms with van der Waals surface area (Å²) in [6.45, 7) is 3.14. The van der Waals surface area contributed by atoms with Gasteiger partial charge < -0.3 is 10.1 Å². The fourth-order valence-corrected chi connectivity index (χ4v) is 4.03. The van der Waals surface area contributed by atoms with E-state index in [0.717, 1.165) is 40.4 Å². The molecule has 0 amide bonds. The summed E-state index contributed by atoms with van der Waals surface area (Å²) in [6.07, 6.45) is 2.38. The number of fused-ring (bicyclic) bond motifs is 1. The number of hydrogen-bond donors (Lipinski definition) is 1. The van der Waals surface area contributed by atoms with E-state index < -0.39 is 0 Å². The highest BCUT2D eigenvalue weighted by Gasteiger charge is 2.15. The molecule has 0 spiro atoms. The van der Waals surface area contributed by atoms with Gasteiger partial charge in [0.05, 0.1) is 17.0 Å². The third-order valence-electron chi connectivity index (χ3n) is 4.45. The van der Waals surface area contributed by atoms with Crippen molar-refractivity contribution in [2.75, 3.05) is 19.7 Å². The van der Waals surface area contributed by atoms with E-state index in [4.69, 9.17) is 4.74 Å². The summed E-state index contributed by atoms with van der Waals surface area (Å²) in [4.78, 5) is 0. The minimum absolute atomic E-state index is 0.792. The summed E-state index contributed by atoms with van der Waals surface area (Å²) < 4.78 is 12.8. The van der Waals surface area contributed by atoms with Gasteiger partial charge >= 0.3 is 0 Å². The Hall–Kier alpha value is -1.43. The fourth-order valence-electron chi connectivity index (χ4n) is 2.94. The Morgan fingerprint density at radius 3 is 2.75 bits per heavy atom. The lowest BCUT2D eigenvalue weighted by Crippen LogP contribution is -2.41. The Morgan fingerprint density at radius 1 is 1.17 bits per heavy atom. The third kappa shape index (κ3) is 3.48. The summed E-state index contributed by atoms with van der Waals surface area (Å²) in [5, 5.41) is 4.50. The zero-order valence-electron chi connectivity index (χ0n) is 13.3. The van der Waals surface area contributed by atoms with E-state index >= 15 is 0 Å². The maximum absolute atomic E-state index is 5.92. The van der Waals surface area contributed by atoms with Crippen molar-refractivity contribution in [3.63, 3.8) is 0 Å². The molecule has 0 atom stereocenters. The van der Waals surface area contributed by atoms with Crippen molar-refractivity contribution in [2.24, 2.45) is 5.92 Å². The van der Waals surface area contributed by atoms with Crippen LogP contribution < -0.4 is 10.1 Å². The van der Waals surface area contributed by atoms with Crippen LogP contribution in [0.2, 0.25) is 0 Å². The van der Waals surface area contributed by atoms with Crippen LogP contribution in [0.25, 0.3) is 21.3 Å². The number of nitrogens with zero attached hydrogens (tertiary/aromatic N) is 1. The molecule has 3 nitrogen and oxygen atoms in total. The summed E-state index contributed by atoms with van der Waals surface area (Å²) in [7, 11) is 0. The molecule has 124 valence electrons. The van der Waals surface area contributed by atoms with Crippen molar-refractivity contribution in [3.05, 3.63) is 46.9 Å². The van der Waals surface area contributed by atoms with Crippen molar-refractivity contribution in [1.29, 1.82) is 0 Å². The first kappa shape index (κ1) is 16.1. The minimum Gasteiger partial charge on any atom is -0.494 e. The average Bonchev–Trinajstić information content (AvgIpc) is 2.97. The summed E-state index contributed by atoms with van der Waals surface area (Å²) in [5.41, 5.74) is 2.19. The van der Waals surface area contributed by atoms with Crippen molar-refractivity contribution < 1.29 is 4.74 Å². The van der Waals surface area contributed by atoms with E-state index in [1.54, 1.807) is 0 Å². The quantitative estimate of drug-likeness (QED) is 0.582. The first-order valence-corrected chi connectivity index (χ1v) is 9.85. The SMILES string of the molecule is Brc1ccc(-c2nsc3cc(OCCCC4CNC4)ccc23)cc1. The van der Waals surface area contributed by atoms with Crippen LogP contribution in [0.5, 0.6) is 5.75 Å². The Kier molecular flexibility index (Phi) is 4.83. The first-order valence-electron chi connectivity index (χ1n) is 8.28. The Labute approximate surface area is 154 Å². The summed E-state index contributed by atoms with van der Waals surface area (Å²) >= 11 is 5.01. The van der Waals surface area contributed by atoms with Crippen LogP contribution in [-0.2, 0) is 0 Å². The summed E-state index contributed by atoms with van der Waals surface area (Å²) in [5.74, 6) is 1.80. The van der Waals surface area contributed by atoms with Crippen molar-refractivity contribution >= 4 is 37.5 Å². The van der Waals surface area contributed by atoms with Crippen LogP contribution in [0.3, 0.4) is 0 Å². The van der Waals surface area contributed by atoms with E-state index in [0.29, 0.717) is 0 Å². The van der Waals surface area contributed by atoms with Crippen molar-refractivity contribution in [2.45, 2.75) is 12.8 Å². The molecule has 0 radical (unpaired) electrons. The topological polar surface area (TPSA) is 34.1 Å². The monoisotopic (exact) mass is 402 g/mol. The van der Waals surface area contributed by atoms with Crippen LogP contribution in [0.1, 0.15) is 12.8 Å². The second-order valence-corrected chi connectivity index (χ2v) is 7.93. The molecule has 1 aromatic heterocycles. The van der Waals surface area contributed by atoms with Crippen LogP contribution in [0, 0.1) is 5.92 Å². The number of rotatable bonds is 6. The molecule has 4 rings (SSSR count). The van der Waals surface area contributed by atoms with Crippen LogP contribution in [0.15, 0.2) is 46.9 Å². The van der Waals surface area contributed by atoms with Crippen molar-refractivity contribution in [1.82, 2.24) is 9.69 Å². The molecule has 2 heterocycles. The van der Waals surface area contributed by atoms with Crippen LogP contribution in [0.4, 0.5) is 0 Å². The molecule has 1 aliphatic heterocycles. The highest BCUT2D eigenvalue weighted by atomic mass is 79.9. The lowest BCUT2D eigenvalue weighted by Gasteiger charge is -2.26. The zero-order valence-corrected chi connectivity index (χ0v) is 15.7. The van der Waals surface area contributed by atoms with E-state index in [2.05, 4.69) is 68.1 Å². The molecular weight excluding hydrogens is 384 g/mol. The molecule has 5 heteroatoms.